The van der Waals surface area contributed by atoms with Crippen molar-refractivity contribution in [1.29, 1.82) is 0 Å². The highest BCUT2D eigenvalue weighted by Gasteiger charge is 2.17. The highest BCUT2D eigenvalue weighted by atomic mass is 16.2. The van der Waals surface area contributed by atoms with Crippen LogP contribution in [0.5, 0.6) is 0 Å². The molecule has 5 aromatic rings. The molecule has 0 atom stereocenters. The number of amides is 4. The number of carbonyl (C=O) groups is 4. The molecule has 0 aliphatic rings. The number of carbonyl (C=O) groups excluding carboxylic acids is 4. The van der Waals surface area contributed by atoms with E-state index in [-0.39, 0.29) is 22.9 Å². The zero-order valence-electron chi connectivity index (χ0n) is 23.0. The van der Waals surface area contributed by atoms with Crippen molar-refractivity contribution in [3.63, 3.8) is 0 Å². The molecule has 0 aliphatic carbocycles. The Bertz CT molecular complexity index is 1710. The molecule has 0 spiro atoms. The van der Waals surface area contributed by atoms with Crippen LogP contribution in [0, 0.1) is 0 Å². The summed E-state index contributed by atoms with van der Waals surface area (Å²) >= 11 is 0. The number of hydrazine groups is 2. The van der Waals surface area contributed by atoms with E-state index in [1.165, 1.54) is 6.07 Å². The summed E-state index contributed by atoms with van der Waals surface area (Å²) in [6.45, 7) is 4.28. The summed E-state index contributed by atoms with van der Waals surface area (Å²) < 4.78 is 0. The number of aromatic amines is 2. The SMILES string of the molecule is CCN(N)C(=O)c1cc2ccc(NC(=O)c3cccc(C(=O)Nc4ccc5cc(C(=O)N(N)CC)[nH]c5c4)c3)cc2[nH]1. The number of nitrogens with zero attached hydrogens (tertiary/aromatic N) is 2. The average molecular weight is 567 g/mol. The van der Waals surface area contributed by atoms with E-state index in [9.17, 15) is 19.2 Å². The fourth-order valence-electron chi connectivity index (χ4n) is 4.44. The molecule has 0 unspecified atom stereocenters. The van der Waals surface area contributed by atoms with Crippen LogP contribution in [-0.2, 0) is 0 Å². The van der Waals surface area contributed by atoms with Crippen molar-refractivity contribution in [2.45, 2.75) is 13.8 Å². The molecule has 3 aromatic carbocycles. The molecule has 4 amide bonds. The van der Waals surface area contributed by atoms with E-state index in [0.717, 1.165) is 20.8 Å². The molecular weight excluding hydrogens is 536 g/mol. The quantitative estimate of drug-likeness (QED) is 0.0942. The Morgan fingerprint density at radius 3 is 1.48 bits per heavy atom. The molecule has 214 valence electrons. The maximum Gasteiger partial charge on any atom is 0.284 e. The fraction of sp³-hybridized carbons (Fsp3) is 0.133. The molecule has 2 heterocycles. The van der Waals surface area contributed by atoms with E-state index in [4.69, 9.17) is 11.7 Å². The van der Waals surface area contributed by atoms with E-state index < -0.39 is 11.8 Å². The van der Waals surface area contributed by atoms with Gasteiger partial charge in [0.1, 0.15) is 11.4 Å². The number of fused-ring (bicyclic) bond motifs is 2. The Labute approximate surface area is 240 Å². The minimum absolute atomic E-state index is 0.289. The molecule has 0 radical (unpaired) electrons. The second-order valence-corrected chi connectivity index (χ2v) is 9.64. The largest absolute Gasteiger partial charge is 0.350 e. The molecule has 12 heteroatoms. The maximum absolute atomic E-state index is 13.0. The number of anilines is 2. The Hall–Kier alpha value is -5.46. The standard InChI is InChI=1S/C30H30N8O4/c1-3-37(31)29(41)25-13-17-8-10-21(15-23(17)35-25)33-27(39)19-6-5-7-20(12-19)28(40)34-22-11-9-18-14-26(36-24(18)16-22)30(42)38(32)4-2/h5-16,35-36H,3-4,31-32H2,1-2H3,(H,33,39)(H,34,40). The van der Waals surface area contributed by atoms with Crippen LogP contribution in [0.1, 0.15) is 55.5 Å². The summed E-state index contributed by atoms with van der Waals surface area (Å²) in [5, 5.41) is 9.46. The summed E-state index contributed by atoms with van der Waals surface area (Å²) in [6.07, 6.45) is 0. The second kappa shape index (κ2) is 11.6. The topological polar surface area (TPSA) is 182 Å². The second-order valence-electron chi connectivity index (χ2n) is 9.64. The number of hydrogen-bond acceptors (Lipinski definition) is 6. The predicted molar refractivity (Wildman–Crippen MR) is 161 cm³/mol. The van der Waals surface area contributed by atoms with Crippen LogP contribution < -0.4 is 22.3 Å². The lowest BCUT2D eigenvalue weighted by Gasteiger charge is -2.11. The van der Waals surface area contributed by atoms with Gasteiger partial charge in [-0.05, 0) is 68.4 Å². The van der Waals surface area contributed by atoms with Gasteiger partial charge in [-0.25, -0.2) is 11.7 Å². The van der Waals surface area contributed by atoms with Crippen molar-refractivity contribution >= 4 is 56.8 Å². The van der Waals surface area contributed by atoms with Gasteiger partial charge in [-0.2, -0.15) is 0 Å². The Kier molecular flexibility index (Phi) is 7.74. The highest BCUT2D eigenvalue weighted by Crippen LogP contribution is 2.23. The first kappa shape index (κ1) is 28.1. The van der Waals surface area contributed by atoms with E-state index in [1.54, 1.807) is 80.6 Å². The zero-order valence-corrected chi connectivity index (χ0v) is 23.0. The molecular formula is C30H30N8O4. The van der Waals surface area contributed by atoms with Crippen LogP contribution in [0.25, 0.3) is 21.8 Å². The van der Waals surface area contributed by atoms with E-state index in [2.05, 4.69) is 20.6 Å². The first-order valence-electron chi connectivity index (χ1n) is 13.3. The van der Waals surface area contributed by atoms with Crippen LogP contribution in [0.2, 0.25) is 0 Å². The van der Waals surface area contributed by atoms with Crippen molar-refractivity contribution in [2.75, 3.05) is 23.7 Å². The number of hydrogen-bond donors (Lipinski definition) is 6. The zero-order chi connectivity index (χ0) is 30.0. The maximum atomic E-state index is 13.0. The van der Waals surface area contributed by atoms with Gasteiger partial charge in [0.2, 0.25) is 0 Å². The van der Waals surface area contributed by atoms with Gasteiger partial charge in [-0.3, -0.25) is 29.2 Å². The van der Waals surface area contributed by atoms with Gasteiger partial charge < -0.3 is 20.6 Å². The number of nitrogens with two attached hydrogens (primary N) is 2. The first-order chi connectivity index (χ1) is 20.2. The molecule has 0 bridgehead atoms. The molecule has 2 aromatic heterocycles. The van der Waals surface area contributed by atoms with Gasteiger partial charge in [0.05, 0.1) is 0 Å². The van der Waals surface area contributed by atoms with Gasteiger partial charge >= 0.3 is 0 Å². The lowest BCUT2D eigenvalue weighted by atomic mass is 10.1. The van der Waals surface area contributed by atoms with Crippen LogP contribution in [0.4, 0.5) is 11.4 Å². The van der Waals surface area contributed by atoms with E-state index >= 15 is 0 Å². The lowest BCUT2D eigenvalue weighted by Crippen LogP contribution is -2.37. The van der Waals surface area contributed by atoms with Gasteiger partial charge in [-0.1, -0.05) is 18.2 Å². The van der Waals surface area contributed by atoms with Gasteiger partial charge in [-0.15, -0.1) is 0 Å². The number of aromatic nitrogens is 2. The van der Waals surface area contributed by atoms with Gasteiger partial charge in [0, 0.05) is 57.4 Å². The van der Waals surface area contributed by atoms with Crippen molar-refractivity contribution in [2.24, 2.45) is 11.7 Å². The molecule has 5 rings (SSSR count). The normalized spacial score (nSPS) is 11.0. The molecule has 12 nitrogen and oxygen atoms in total. The molecule has 0 fully saturated rings. The number of H-pyrrole nitrogens is 2. The summed E-state index contributed by atoms with van der Waals surface area (Å²) in [5.41, 5.74) is 3.62. The summed E-state index contributed by atoms with van der Waals surface area (Å²) in [6, 6.07) is 20.2. The minimum atomic E-state index is -0.406. The smallest absolute Gasteiger partial charge is 0.284 e. The Morgan fingerprint density at radius 1 is 0.643 bits per heavy atom. The monoisotopic (exact) mass is 566 g/mol. The van der Waals surface area contributed by atoms with Crippen LogP contribution in [0.3, 0.4) is 0 Å². The fourth-order valence-corrected chi connectivity index (χ4v) is 4.44. The number of rotatable bonds is 8. The van der Waals surface area contributed by atoms with Crippen LogP contribution in [-0.4, -0.2) is 56.7 Å². The Morgan fingerprint density at radius 2 is 1.07 bits per heavy atom. The Balaban J connectivity index is 1.28. The van der Waals surface area contributed by atoms with Crippen molar-refractivity contribution in [1.82, 2.24) is 20.0 Å². The third-order valence-corrected chi connectivity index (χ3v) is 6.81. The predicted octanol–water partition coefficient (Wildman–Crippen LogP) is 3.83. The van der Waals surface area contributed by atoms with Gasteiger partial charge in [0.25, 0.3) is 23.6 Å². The van der Waals surface area contributed by atoms with Crippen molar-refractivity contribution < 1.29 is 19.2 Å². The minimum Gasteiger partial charge on any atom is -0.350 e. The summed E-state index contributed by atoms with van der Waals surface area (Å²) in [7, 11) is 0. The number of nitrogens with one attached hydrogen (secondary N) is 4. The third kappa shape index (κ3) is 5.70. The van der Waals surface area contributed by atoms with Gasteiger partial charge in [0.15, 0.2) is 0 Å². The molecule has 0 saturated heterocycles. The number of benzene rings is 3. The summed E-state index contributed by atoms with van der Waals surface area (Å²) in [4.78, 5) is 56.8. The van der Waals surface area contributed by atoms with E-state index in [0.29, 0.717) is 46.9 Å². The third-order valence-electron chi connectivity index (χ3n) is 6.81. The highest BCUT2D eigenvalue weighted by molar-refractivity contribution is 6.10. The van der Waals surface area contributed by atoms with Crippen molar-refractivity contribution in [3.05, 3.63) is 95.3 Å². The average Bonchev–Trinajstić information content (AvgIpc) is 3.63. The molecule has 42 heavy (non-hydrogen) atoms. The summed E-state index contributed by atoms with van der Waals surface area (Å²) in [5.74, 6) is 9.94. The van der Waals surface area contributed by atoms with Crippen LogP contribution in [0.15, 0.2) is 72.8 Å². The molecule has 0 aliphatic heterocycles. The molecule has 8 N–H and O–H groups in total. The van der Waals surface area contributed by atoms with Crippen LogP contribution >= 0.6 is 0 Å². The first-order valence-corrected chi connectivity index (χ1v) is 13.3. The van der Waals surface area contributed by atoms with E-state index in [1.807, 2.05) is 0 Å². The molecule has 0 saturated carbocycles. The lowest BCUT2D eigenvalue weighted by molar-refractivity contribution is 0.0752. The van der Waals surface area contributed by atoms with Crippen molar-refractivity contribution in [3.8, 4) is 0 Å².